The lowest BCUT2D eigenvalue weighted by molar-refractivity contribution is -0.128. The highest BCUT2D eigenvalue weighted by molar-refractivity contribution is 6.03. The van der Waals surface area contributed by atoms with Crippen LogP contribution in [0.4, 0.5) is 11.5 Å². The molecule has 0 saturated carbocycles. The van der Waals surface area contributed by atoms with Gasteiger partial charge in [-0.3, -0.25) is 19.3 Å². The van der Waals surface area contributed by atoms with Gasteiger partial charge in [-0.15, -0.1) is 0 Å². The second kappa shape index (κ2) is 13.3. The highest BCUT2D eigenvalue weighted by atomic mass is 16.5. The summed E-state index contributed by atoms with van der Waals surface area (Å²) < 4.78 is 10.3. The Balaban J connectivity index is 2.00. The summed E-state index contributed by atoms with van der Waals surface area (Å²) in [4.78, 5) is 41.9. The number of aromatic nitrogens is 1. The molecular formula is C31H40N4O5. The molecule has 214 valence electrons. The Morgan fingerprint density at radius 3 is 2.15 bits per heavy atom. The number of carbonyl (C=O) groups is 3. The van der Waals surface area contributed by atoms with Crippen molar-refractivity contribution in [1.29, 1.82) is 0 Å². The van der Waals surface area contributed by atoms with E-state index in [-0.39, 0.29) is 36.4 Å². The molecule has 9 nitrogen and oxygen atoms in total. The molecular weight excluding hydrogens is 508 g/mol. The first-order valence-corrected chi connectivity index (χ1v) is 13.5. The average molecular weight is 549 g/mol. The lowest BCUT2D eigenvalue weighted by atomic mass is 9.97. The second-order valence-corrected chi connectivity index (χ2v) is 10.8. The minimum absolute atomic E-state index is 0.0945. The van der Waals surface area contributed by atoms with Crippen molar-refractivity contribution in [2.24, 2.45) is 0 Å². The van der Waals surface area contributed by atoms with Crippen LogP contribution in [0.1, 0.15) is 82.7 Å². The van der Waals surface area contributed by atoms with Crippen LogP contribution in [0.5, 0.6) is 5.75 Å². The molecule has 1 atom stereocenters. The number of benzene rings is 2. The molecule has 2 aromatic carbocycles. The Kier molecular flexibility index (Phi) is 10.1. The first-order chi connectivity index (χ1) is 18.9. The monoisotopic (exact) mass is 548 g/mol. The number of hydrogen-bond donors (Lipinski definition) is 2. The summed E-state index contributed by atoms with van der Waals surface area (Å²) >= 11 is 0. The van der Waals surface area contributed by atoms with E-state index in [9.17, 15) is 14.4 Å². The van der Waals surface area contributed by atoms with Crippen LogP contribution in [-0.2, 0) is 14.4 Å². The van der Waals surface area contributed by atoms with Gasteiger partial charge in [-0.25, -0.2) is 0 Å². The zero-order chi connectivity index (χ0) is 29.4. The molecule has 0 aliphatic rings. The quantitative estimate of drug-likeness (QED) is 0.291. The summed E-state index contributed by atoms with van der Waals surface area (Å²) in [5.41, 5.74) is 1.80. The first-order valence-electron chi connectivity index (χ1n) is 13.5. The van der Waals surface area contributed by atoms with Crippen LogP contribution in [0.3, 0.4) is 0 Å². The number of rotatable bonds is 12. The number of amides is 3. The molecule has 1 heterocycles. The molecule has 3 aromatic rings. The first kappa shape index (κ1) is 30.4. The number of methoxy groups -OCH3 is 1. The molecule has 3 amide bonds. The van der Waals surface area contributed by atoms with Crippen LogP contribution in [-0.4, -0.2) is 35.5 Å². The molecule has 0 saturated heterocycles. The summed E-state index contributed by atoms with van der Waals surface area (Å²) in [7, 11) is 1.57. The van der Waals surface area contributed by atoms with Crippen molar-refractivity contribution in [3.63, 3.8) is 0 Å². The summed E-state index contributed by atoms with van der Waals surface area (Å²) in [5, 5.41) is 9.52. The Morgan fingerprint density at radius 2 is 1.62 bits per heavy atom. The van der Waals surface area contributed by atoms with Crippen molar-refractivity contribution in [3.8, 4) is 5.75 Å². The summed E-state index contributed by atoms with van der Waals surface area (Å²) in [6.07, 6.45) is 0.487. The Morgan fingerprint density at radius 1 is 1.00 bits per heavy atom. The van der Waals surface area contributed by atoms with E-state index in [4.69, 9.17) is 9.26 Å². The number of anilines is 2. The van der Waals surface area contributed by atoms with Crippen molar-refractivity contribution < 1.29 is 23.6 Å². The van der Waals surface area contributed by atoms with E-state index in [2.05, 4.69) is 29.6 Å². The van der Waals surface area contributed by atoms with Gasteiger partial charge >= 0.3 is 0 Å². The third-order valence-corrected chi connectivity index (χ3v) is 6.85. The van der Waals surface area contributed by atoms with Crippen LogP contribution < -0.4 is 20.3 Å². The minimum Gasteiger partial charge on any atom is -0.497 e. The van der Waals surface area contributed by atoms with Crippen LogP contribution >= 0.6 is 0 Å². The highest BCUT2D eigenvalue weighted by Crippen LogP contribution is 2.32. The third-order valence-electron chi connectivity index (χ3n) is 6.85. The van der Waals surface area contributed by atoms with Crippen LogP contribution in [0.15, 0.2) is 59.1 Å². The molecule has 3 rings (SSSR count). The zero-order valence-corrected chi connectivity index (χ0v) is 24.4. The Labute approximate surface area is 236 Å². The predicted octanol–water partition coefficient (Wildman–Crippen LogP) is 5.91. The van der Waals surface area contributed by atoms with E-state index in [0.717, 1.165) is 5.56 Å². The van der Waals surface area contributed by atoms with E-state index >= 15 is 0 Å². The van der Waals surface area contributed by atoms with Gasteiger partial charge in [-0.1, -0.05) is 50.2 Å². The van der Waals surface area contributed by atoms with Gasteiger partial charge in [0, 0.05) is 30.1 Å². The summed E-state index contributed by atoms with van der Waals surface area (Å²) in [6, 6.07) is 15.3. The average Bonchev–Trinajstić information content (AvgIpc) is 3.34. The van der Waals surface area contributed by atoms with Gasteiger partial charge in [0.25, 0.3) is 0 Å². The lowest BCUT2D eigenvalue weighted by Gasteiger charge is -2.35. The second-order valence-electron chi connectivity index (χ2n) is 10.8. The van der Waals surface area contributed by atoms with Crippen LogP contribution in [0.25, 0.3) is 0 Å². The van der Waals surface area contributed by atoms with E-state index in [0.29, 0.717) is 35.1 Å². The molecule has 0 bridgehead atoms. The van der Waals surface area contributed by atoms with Crippen molar-refractivity contribution in [3.05, 3.63) is 71.5 Å². The number of ether oxygens (including phenoxy) is 1. The number of nitrogens with one attached hydrogen (secondary N) is 2. The predicted molar refractivity (Wildman–Crippen MR) is 155 cm³/mol. The number of hydrogen-bond acceptors (Lipinski definition) is 6. The molecule has 2 N–H and O–H groups in total. The number of nitrogens with zero attached hydrogens (tertiary/aromatic N) is 2. The normalized spacial score (nSPS) is 12.1. The maximum atomic E-state index is 13.9. The Bertz CT molecular complexity index is 1300. The van der Waals surface area contributed by atoms with Crippen LogP contribution in [0.2, 0.25) is 0 Å². The summed E-state index contributed by atoms with van der Waals surface area (Å²) in [6.45, 7) is 11.8. The van der Waals surface area contributed by atoms with Crippen molar-refractivity contribution >= 4 is 29.2 Å². The highest BCUT2D eigenvalue weighted by Gasteiger charge is 2.35. The molecule has 0 unspecified atom stereocenters. The zero-order valence-electron chi connectivity index (χ0n) is 24.4. The maximum absolute atomic E-state index is 13.9. The van der Waals surface area contributed by atoms with E-state index < -0.39 is 11.6 Å². The fourth-order valence-electron chi connectivity index (χ4n) is 4.12. The fourth-order valence-corrected chi connectivity index (χ4v) is 4.12. The van der Waals surface area contributed by atoms with Gasteiger partial charge in [0.2, 0.25) is 17.7 Å². The van der Waals surface area contributed by atoms with E-state index in [1.165, 1.54) is 4.90 Å². The standard InChI is InChI=1S/C31H40N4O5/c1-8-31(5,6)33-30(38)29(23-11-15-25(39-7)16-12-23)35(24-13-9-22(10-14-24)20(2)3)28(37)18-17-27(36)32-26-19-21(4)40-34-26/h9-16,19-20,29H,8,17-18H2,1-7H3,(H,33,38)(H,32,34,36)/t29-/m0/s1. The molecule has 40 heavy (non-hydrogen) atoms. The van der Waals surface area contributed by atoms with Crippen molar-refractivity contribution in [1.82, 2.24) is 10.5 Å². The SMILES string of the molecule is CCC(C)(C)NC(=O)[C@H](c1ccc(OC)cc1)N(C(=O)CCC(=O)Nc1cc(C)on1)c1ccc(C(C)C)cc1. The van der Waals surface area contributed by atoms with Gasteiger partial charge in [-0.2, -0.15) is 0 Å². The largest absolute Gasteiger partial charge is 0.497 e. The molecule has 0 aliphatic heterocycles. The van der Waals surface area contributed by atoms with Gasteiger partial charge in [-0.05, 0) is 68.5 Å². The van der Waals surface area contributed by atoms with Gasteiger partial charge in [0.1, 0.15) is 17.6 Å². The smallest absolute Gasteiger partial charge is 0.248 e. The van der Waals surface area contributed by atoms with Gasteiger partial charge in [0.05, 0.1) is 7.11 Å². The maximum Gasteiger partial charge on any atom is 0.248 e. The van der Waals surface area contributed by atoms with Gasteiger partial charge < -0.3 is 19.9 Å². The molecule has 0 aliphatic carbocycles. The lowest BCUT2D eigenvalue weighted by Crippen LogP contribution is -2.50. The van der Waals surface area contributed by atoms with Crippen LogP contribution in [0, 0.1) is 6.92 Å². The third kappa shape index (κ3) is 7.94. The molecule has 1 aromatic heterocycles. The molecule has 9 heteroatoms. The summed E-state index contributed by atoms with van der Waals surface area (Å²) in [5.74, 6) is 0.715. The minimum atomic E-state index is -0.976. The Hall–Kier alpha value is -4.14. The fraction of sp³-hybridized carbons (Fsp3) is 0.419. The number of aryl methyl sites for hydroxylation is 1. The topological polar surface area (TPSA) is 114 Å². The van der Waals surface area contributed by atoms with Crippen molar-refractivity contribution in [2.45, 2.75) is 78.3 Å². The van der Waals surface area contributed by atoms with E-state index in [1.54, 1.807) is 44.4 Å². The van der Waals surface area contributed by atoms with E-state index in [1.807, 2.05) is 45.0 Å². The van der Waals surface area contributed by atoms with Crippen molar-refractivity contribution in [2.75, 3.05) is 17.3 Å². The molecule has 0 radical (unpaired) electrons. The molecule has 0 spiro atoms. The molecule has 0 fully saturated rings. The van der Waals surface area contributed by atoms with Gasteiger partial charge in [0.15, 0.2) is 5.82 Å². The number of carbonyl (C=O) groups excluding carboxylic acids is 3.